The molecule has 0 spiro atoms. The molecule has 4 rings (SSSR count). The van der Waals surface area contributed by atoms with Gasteiger partial charge >= 0.3 is 6.03 Å². The number of halogens is 1. The SMILES string of the molecule is COc1cccc(CN2C(=O)N(c3cccc(OC)c3)C(=O)[C@@H]2CC(=O)Nc2ccc(F)cc2)c1. The molecule has 180 valence electrons. The van der Waals surface area contributed by atoms with Crippen LogP contribution in [-0.4, -0.2) is 43.0 Å². The second kappa shape index (κ2) is 10.3. The van der Waals surface area contributed by atoms with E-state index >= 15 is 0 Å². The highest BCUT2D eigenvalue weighted by atomic mass is 19.1. The molecule has 3 aromatic carbocycles. The van der Waals surface area contributed by atoms with Crippen molar-refractivity contribution in [3.63, 3.8) is 0 Å². The molecule has 0 saturated carbocycles. The van der Waals surface area contributed by atoms with Crippen molar-refractivity contribution in [2.24, 2.45) is 0 Å². The Balaban J connectivity index is 1.62. The zero-order chi connectivity index (χ0) is 24.9. The van der Waals surface area contributed by atoms with Gasteiger partial charge in [-0.3, -0.25) is 9.59 Å². The number of hydrogen-bond acceptors (Lipinski definition) is 5. The van der Waals surface area contributed by atoms with Gasteiger partial charge in [-0.05, 0) is 54.1 Å². The quantitative estimate of drug-likeness (QED) is 0.491. The van der Waals surface area contributed by atoms with Gasteiger partial charge in [0.05, 0.1) is 26.3 Å². The second-order valence-electron chi connectivity index (χ2n) is 7.91. The van der Waals surface area contributed by atoms with Crippen LogP contribution < -0.4 is 19.7 Å². The number of anilines is 2. The van der Waals surface area contributed by atoms with E-state index in [2.05, 4.69) is 5.32 Å². The van der Waals surface area contributed by atoms with Crippen LogP contribution in [0, 0.1) is 5.82 Å². The lowest BCUT2D eigenvalue weighted by molar-refractivity contribution is -0.124. The Morgan fingerprint density at radius 3 is 2.29 bits per heavy atom. The fourth-order valence-corrected chi connectivity index (χ4v) is 3.89. The Kier molecular flexibility index (Phi) is 6.96. The van der Waals surface area contributed by atoms with E-state index in [-0.39, 0.29) is 13.0 Å². The summed E-state index contributed by atoms with van der Waals surface area (Å²) >= 11 is 0. The molecule has 0 radical (unpaired) electrons. The molecule has 1 fully saturated rings. The molecular weight excluding hydrogens is 453 g/mol. The fraction of sp³-hybridized carbons (Fsp3) is 0.192. The first-order valence-electron chi connectivity index (χ1n) is 10.9. The van der Waals surface area contributed by atoms with Gasteiger partial charge in [0.15, 0.2) is 0 Å². The summed E-state index contributed by atoms with van der Waals surface area (Å²) in [5.74, 6) is -0.347. The van der Waals surface area contributed by atoms with E-state index in [1.54, 1.807) is 42.5 Å². The summed E-state index contributed by atoms with van der Waals surface area (Å²) in [6.45, 7) is 0.0940. The first-order valence-corrected chi connectivity index (χ1v) is 10.9. The van der Waals surface area contributed by atoms with Gasteiger partial charge in [-0.25, -0.2) is 14.1 Å². The second-order valence-corrected chi connectivity index (χ2v) is 7.91. The normalized spacial score (nSPS) is 15.3. The van der Waals surface area contributed by atoms with E-state index in [4.69, 9.17) is 9.47 Å². The van der Waals surface area contributed by atoms with Crippen molar-refractivity contribution in [1.29, 1.82) is 0 Å². The van der Waals surface area contributed by atoms with Crippen molar-refractivity contribution in [1.82, 2.24) is 4.90 Å². The van der Waals surface area contributed by atoms with Gasteiger partial charge in [0.2, 0.25) is 5.91 Å². The molecule has 35 heavy (non-hydrogen) atoms. The number of nitrogens with one attached hydrogen (secondary N) is 1. The van der Waals surface area contributed by atoms with Crippen LogP contribution in [-0.2, 0) is 16.1 Å². The Bertz CT molecular complexity index is 1250. The van der Waals surface area contributed by atoms with Gasteiger partial charge in [0.1, 0.15) is 23.4 Å². The first-order chi connectivity index (χ1) is 16.9. The highest BCUT2D eigenvalue weighted by Crippen LogP contribution is 2.31. The minimum atomic E-state index is -1.04. The van der Waals surface area contributed by atoms with Gasteiger partial charge in [-0.2, -0.15) is 0 Å². The van der Waals surface area contributed by atoms with Gasteiger partial charge in [0.25, 0.3) is 5.91 Å². The molecule has 0 aromatic heterocycles. The number of imide groups is 1. The van der Waals surface area contributed by atoms with Crippen LogP contribution in [0.2, 0.25) is 0 Å². The monoisotopic (exact) mass is 477 g/mol. The smallest absolute Gasteiger partial charge is 0.332 e. The Morgan fingerprint density at radius 2 is 1.60 bits per heavy atom. The average molecular weight is 477 g/mol. The molecule has 0 unspecified atom stereocenters. The number of benzene rings is 3. The molecule has 9 heteroatoms. The van der Waals surface area contributed by atoms with Crippen LogP contribution >= 0.6 is 0 Å². The zero-order valence-electron chi connectivity index (χ0n) is 19.2. The highest BCUT2D eigenvalue weighted by Gasteiger charge is 2.46. The van der Waals surface area contributed by atoms with E-state index in [1.807, 2.05) is 6.07 Å². The van der Waals surface area contributed by atoms with E-state index in [1.165, 1.54) is 43.4 Å². The maximum absolute atomic E-state index is 13.4. The van der Waals surface area contributed by atoms with Crippen molar-refractivity contribution in [2.75, 3.05) is 24.4 Å². The summed E-state index contributed by atoms with van der Waals surface area (Å²) in [6, 6.07) is 17.4. The maximum atomic E-state index is 13.4. The standard InChI is InChI=1S/C26H24FN3O5/c1-34-21-7-3-5-17(13-21)16-29-23(15-24(31)28-19-11-9-18(27)10-12-19)25(32)30(26(29)33)20-6-4-8-22(14-20)35-2/h3-14,23H,15-16H2,1-2H3,(H,28,31)/t23-/m0/s1. The van der Waals surface area contributed by atoms with Crippen LogP contribution in [0.1, 0.15) is 12.0 Å². The van der Waals surface area contributed by atoms with Crippen LogP contribution in [0.15, 0.2) is 72.8 Å². The van der Waals surface area contributed by atoms with Crippen LogP contribution in [0.4, 0.5) is 20.6 Å². The molecule has 1 aliphatic heterocycles. The number of carbonyl (C=O) groups excluding carboxylic acids is 3. The molecule has 1 aliphatic rings. The van der Waals surface area contributed by atoms with Crippen molar-refractivity contribution >= 4 is 29.2 Å². The number of carbonyl (C=O) groups is 3. The number of nitrogens with zero attached hydrogens (tertiary/aromatic N) is 2. The van der Waals surface area contributed by atoms with Crippen LogP contribution in [0.5, 0.6) is 11.5 Å². The van der Waals surface area contributed by atoms with Gasteiger partial charge in [-0.1, -0.05) is 18.2 Å². The van der Waals surface area contributed by atoms with Crippen LogP contribution in [0.3, 0.4) is 0 Å². The predicted octanol–water partition coefficient (Wildman–Crippen LogP) is 4.21. The van der Waals surface area contributed by atoms with Gasteiger partial charge in [0, 0.05) is 18.3 Å². The lowest BCUT2D eigenvalue weighted by atomic mass is 10.1. The minimum absolute atomic E-state index is 0.0940. The molecule has 1 heterocycles. The average Bonchev–Trinajstić information content (AvgIpc) is 3.09. The Morgan fingerprint density at radius 1 is 0.943 bits per heavy atom. The molecule has 8 nitrogen and oxygen atoms in total. The Labute approximate surface area is 201 Å². The Hall–Kier alpha value is -4.40. The third kappa shape index (κ3) is 5.24. The molecular formula is C26H24FN3O5. The lowest BCUT2D eigenvalue weighted by Crippen LogP contribution is -2.37. The summed E-state index contributed by atoms with van der Waals surface area (Å²) in [7, 11) is 3.03. The lowest BCUT2D eigenvalue weighted by Gasteiger charge is -2.22. The van der Waals surface area contributed by atoms with Crippen LogP contribution in [0.25, 0.3) is 0 Å². The third-order valence-corrected chi connectivity index (χ3v) is 5.62. The van der Waals surface area contributed by atoms with E-state index in [0.29, 0.717) is 22.9 Å². The summed E-state index contributed by atoms with van der Waals surface area (Å²) in [6.07, 6.45) is -0.271. The topological polar surface area (TPSA) is 88.2 Å². The zero-order valence-corrected chi connectivity index (χ0v) is 19.2. The molecule has 0 bridgehead atoms. The molecule has 1 atom stereocenters. The molecule has 4 amide bonds. The number of rotatable bonds is 8. The highest BCUT2D eigenvalue weighted by molar-refractivity contribution is 6.22. The number of urea groups is 1. The minimum Gasteiger partial charge on any atom is -0.497 e. The van der Waals surface area contributed by atoms with E-state index in [9.17, 15) is 18.8 Å². The number of ether oxygens (including phenoxy) is 2. The third-order valence-electron chi connectivity index (χ3n) is 5.62. The number of amides is 4. The van der Waals surface area contributed by atoms with E-state index in [0.717, 1.165) is 10.5 Å². The summed E-state index contributed by atoms with van der Waals surface area (Å²) < 4.78 is 23.7. The van der Waals surface area contributed by atoms with Crippen molar-refractivity contribution in [3.8, 4) is 11.5 Å². The predicted molar refractivity (Wildman–Crippen MR) is 128 cm³/mol. The van der Waals surface area contributed by atoms with Crippen molar-refractivity contribution in [3.05, 3.63) is 84.2 Å². The van der Waals surface area contributed by atoms with Gasteiger partial charge in [-0.15, -0.1) is 0 Å². The fourth-order valence-electron chi connectivity index (χ4n) is 3.89. The summed E-state index contributed by atoms with van der Waals surface area (Å²) in [4.78, 5) is 42.1. The summed E-state index contributed by atoms with van der Waals surface area (Å²) in [5, 5.41) is 2.65. The molecule has 0 aliphatic carbocycles. The molecule has 3 aromatic rings. The maximum Gasteiger partial charge on any atom is 0.332 e. The molecule has 1 saturated heterocycles. The molecule has 1 N–H and O–H groups in total. The number of hydrogen-bond donors (Lipinski definition) is 1. The van der Waals surface area contributed by atoms with Gasteiger partial charge < -0.3 is 19.7 Å². The summed E-state index contributed by atoms with van der Waals surface area (Å²) in [5.41, 5.74) is 1.47. The van der Waals surface area contributed by atoms with E-state index < -0.39 is 29.7 Å². The number of methoxy groups -OCH3 is 2. The first kappa shape index (κ1) is 23.7. The largest absolute Gasteiger partial charge is 0.497 e. The van der Waals surface area contributed by atoms with Crippen molar-refractivity contribution < 1.29 is 28.2 Å². The van der Waals surface area contributed by atoms with Crippen molar-refractivity contribution in [2.45, 2.75) is 19.0 Å².